The molecule has 0 fully saturated rings. The first kappa shape index (κ1) is 15.2. The van der Waals surface area contributed by atoms with Gasteiger partial charge in [-0.15, -0.1) is 0 Å². The van der Waals surface area contributed by atoms with Crippen LogP contribution in [-0.2, 0) is 6.42 Å². The van der Waals surface area contributed by atoms with Crippen molar-refractivity contribution in [2.24, 2.45) is 0 Å². The summed E-state index contributed by atoms with van der Waals surface area (Å²) in [5.74, 6) is 2.25. The molecule has 0 radical (unpaired) electrons. The van der Waals surface area contributed by atoms with E-state index in [4.69, 9.17) is 9.47 Å². The number of benzene rings is 1. The van der Waals surface area contributed by atoms with Gasteiger partial charge in [-0.1, -0.05) is 20.8 Å². The molecule has 0 N–H and O–H groups in total. The van der Waals surface area contributed by atoms with Crippen molar-refractivity contribution in [2.45, 2.75) is 34.1 Å². The number of ether oxygens (including phenoxy) is 2. The highest BCUT2D eigenvalue weighted by Gasteiger charge is 2.10. The minimum absolute atomic E-state index is 0.695. The Labute approximate surface area is 114 Å². The summed E-state index contributed by atoms with van der Waals surface area (Å²) in [6, 6.07) is 3.81. The van der Waals surface area contributed by atoms with Crippen LogP contribution in [0.4, 0.5) is 0 Å². The average Bonchev–Trinajstić information content (AvgIpc) is 2.47. The average molecular weight is 262 g/mol. The summed E-state index contributed by atoms with van der Waals surface area (Å²) in [7, 11) is 3.25. The summed E-state index contributed by atoms with van der Waals surface area (Å²) in [5.41, 5.74) is 1.86. The van der Waals surface area contributed by atoms with E-state index in [2.05, 4.69) is 9.97 Å². The van der Waals surface area contributed by atoms with Crippen LogP contribution in [0.25, 0.3) is 10.9 Å². The molecule has 0 aliphatic carbocycles. The Morgan fingerprint density at radius 3 is 2.11 bits per heavy atom. The minimum Gasteiger partial charge on any atom is -0.493 e. The van der Waals surface area contributed by atoms with Crippen LogP contribution in [0.1, 0.15) is 32.3 Å². The number of nitrogens with zero attached hydrogens (tertiary/aromatic N) is 2. The Morgan fingerprint density at radius 1 is 1.00 bits per heavy atom. The number of fused-ring (bicyclic) bond motifs is 1. The largest absolute Gasteiger partial charge is 0.493 e. The number of rotatable bonds is 3. The van der Waals surface area contributed by atoms with Crippen molar-refractivity contribution in [3.8, 4) is 11.5 Å². The molecule has 0 unspecified atom stereocenters. The van der Waals surface area contributed by atoms with Crippen LogP contribution in [0.5, 0.6) is 11.5 Å². The molecule has 4 heteroatoms. The Bertz CT molecular complexity index is 553. The van der Waals surface area contributed by atoms with Crippen molar-refractivity contribution in [3.05, 3.63) is 23.7 Å². The van der Waals surface area contributed by atoms with Crippen LogP contribution in [0.15, 0.2) is 12.1 Å². The highest BCUT2D eigenvalue weighted by Crippen LogP contribution is 2.32. The van der Waals surface area contributed by atoms with E-state index in [9.17, 15) is 0 Å². The molecule has 0 bridgehead atoms. The second kappa shape index (κ2) is 6.92. The van der Waals surface area contributed by atoms with Crippen molar-refractivity contribution in [3.63, 3.8) is 0 Å². The van der Waals surface area contributed by atoms with Gasteiger partial charge in [-0.05, 0) is 13.0 Å². The molecule has 1 aromatic carbocycles. The fraction of sp³-hybridized carbons (Fsp3) is 0.467. The predicted octanol–water partition coefficient (Wildman–Crippen LogP) is 3.54. The Kier molecular flexibility index (Phi) is 5.55. The van der Waals surface area contributed by atoms with Crippen LogP contribution in [0.3, 0.4) is 0 Å². The van der Waals surface area contributed by atoms with Crippen LogP contribution in [0, 0.1) is 6.92 Å². The lowest BCUT2D eigenvalue weighted by Crippen LogP contribution is -1.98. The molecule has 0 atom stereocenters. The maximum absolute atomic E-state index is 5.28. The van der Waals surface area contributed by atoms with Gasteiger partial charge in [-0.3, -0.25) is 0 Å². The van der Waals surface area contributed by atoms with Crippen LogP contribution in [-0.4, -0.2) is 24.2 Å². The van der Waals surface area contributed by atoms with Crippen molar-refractivity contribution < 1.29 is 9.47 Å². The predicted molar refractivity (Wildman–Crippen MR) is 78.1 cm³/mol. The van der Waals surface area contributed by atoms with Crippen molar-refractivity contribution in [2.75, 3.05) is 14.2 Å². The van der Waals surface area contributed by atoms with E-state index in [1.54, 1.807) is 14.2 Å². The summed E-state index contributed by atoms with van der Waals surface area (Å²) in [4.78, 5) is 8.94. The highest BCUT2D eigenvalue weighted by molar-refractivity contribution is 5.84. The number of methoxy groups -OCH3 is 2. The topological polar surface area (TPSA) is 44.2 Å². The van der Waals surface area contributed by atoms with Gasteiger partial charge in [0.2, 0.25) is 0 Å². The molecule has 0 spiro atoms. The van der Waals surface area contributed by atoms with E-state index in [-0.39, 0.29) is 0 Å². The van der Waals surface area contributed by atoms with Crippen LogP contribution >= 0.6 is 0 Å². The number of hydrogen-bond donors (Lipinski definition) is 0. The summed E-state index contributed by atoms with van der Waals surface area (Å²) in [6.07, 6.45) is 0.825. The lowest BCUT2D eigenvalue weighted by Gasteiger charge is -2.10. The SMILES string of the molecule is CC.CCc1nc(C)c2cc(OC)c(OC)cc2n1. The molecule has 0 amide bonds. The Morgan fingerprint density at radius 2 is 1.58 bits per heavy atom. The first-order chi connectivity index (χ1) is 9.19. The third-order valence-electron chi connectivity index (χ3n) is 2.75. The number of aromatic nitrogens is 2. The van der Waals surface area contributed by atoms with E-state index < -0.39 is 0 Å². The zero-order chi connectivity index (χ0) is 14.4. The van der Waals surface area contributed by atoms with E-state index in [0.29, 0.717) is 11.5 Å². The summed E-state index contributed by atoms with van der Waals surface area (Å²) in [5, 5.41) is 1.000. The van der Waals surface area contributed by atoms with Gasteiger partial charge in [0.15, 0.2) is 11.5 Å². The monoisotopic (exact) mass is 262 g/mol. The fourth-order valence-electron chi connectivity index (χ4n) is 1.83. The van der Waals surface area contributed by atoms with Crippen molar-refractivity contribution in [1.29, 1.82) is 0 Å². The molecule has 1 aromatic heterocycles. The maximum atomic E-state index is 5.28. The second-order valence-corrected chi connectivity index (χ2v) is 3.80. The van der Waals surface area contributed by atoms with Gasteiger partial charge in [0, 0.05) is 23.6 Å². The van der Waals surface area contributed by atoms with Crippen molar-refractivity contribution in [1.82, 2.24) is 9.97 Å². The standard InChI is InChI=1S/C13H16N2O2.C2H6/c1-5-13-14-8(2)9-6-11(16-3)12(17-4)7-10(9)15-13;1-2/h6-7H,5H2,1-4H3;1-2H3. The van der Waals surface area contributed by atoms with Gasteiger partial charge in [0.1, 0.15) is 5.82 Å². The first-order valence-corrected chi connectivity index (χ1v) is 6.58. The summed E-state index contributed by atoms with van der Waals surface area (Å²) in [6.45, 7) is 8.02. The zero-order valence-corrected chi connectivity index (χ0v) is 12.6. The van der Waals surface area contributed by atoms with Crippen LogP contribution in [0.2, 0.25) is 0 Å². The Balaban J connectivity index is 0.000000861. The smallest absolute Gasteiger partial charge is 0.162 e. The molecule has 2 aromatic rings. The molecule has 104 valence electrons. The summed E-state index contributed by atoms with van der Waals surface area (Å²) < 4.78 is 10.5. The lowest BCUT2D eigenvalue weighted by molar-refractivity contribution is 0.355. The summed E-state index contributed by atoms with van der Waals surface area (Å²) >= 11 is 0. The first-order valence-electron chi connectivity index (χ1n) is 6.58. The molecule has 19 heavy (non-hydrogen) atoms. The van der Waals surface area contributed by atoms with Gasteiger partial charge in [-0.2, -0.15) is 0 Å². The van der Waals surface area contributed by atoms with E-state index in [1.165, 1.54) is 0 Å². The molecule has 0 saturated heterocycles. The van der Waals surface area contributed by atoms with Crippen LogP contribution < -0.4 is 9.47 Å². The molecule has 0 aliphatic heterocycles. The maximum Gasteiger partial charge on any atom is 0.162 e. The normalized spacial score (nSPS) is 9.79. The van der Waals surface area contributed by atoms with Gasteiger partial charge in [0.25, 0.3) is 0 Å². The molecule has 0 saturated carbocycles. The quantitative estimate of drug-likeness (QED) is 0.848. The van der Waals surface area contributed by atoms with E-state index in [1.807, 2.05) is 39.8 Å². The molecule has 4 nitrogen and oxygen atoms in total. The lowest BCUT2D eigenvalue weighted by atomic mass is 10.1. The number of hydrogen-bond acceptors (Lipinski definition) is 4. The fourth-order valence-corrected chi connectivity index (χ4v) is 1.83. The second-order valence-electron chi connectivity index (χ2n) is 3.80. The van der Waals surface area contributed by atoms with E-state index >= 15 is 0 Å². The number of aryl methyl sites for hydroxylation is 2. The Hall–Kier alpha value is -1.84. The molecular formula is C15H22N2O2. The van der Waals surface area contributed by atoms with Gasteiger partial charge in [-0.25, -0.2) is 9.97 Å². The van der Waals surface area contributed by atoms with Gasteiger partial charge < -0.3 is 9.47 Å². The molecule has 2 rings (SSSR count). The zero-order valence-electron chi connectivity index (χ0n) is 12.6. The third-order valence-corrected chi connectivity index (χ3v) is 2.75. The molecule has 1 heterocycles. The van der Waals surface area contributed by atoms with Gasteiger partial charge >= 0.3 is 0 Å². The van der Waals surface area contributed by atoms with Gasteiger partial charge in [0.05, 0.1) is 19.7 Å². The molecule has 0 aliphatic rings. The third kappa shape index (κ3) is 3.13. The van der Waals surface area contributed by atoms with Crippen molar-refractivity contribution >= 4 is 10.9 Å². The minimum atomic E-state index is 0.695. The van der Waals surface area contributed by atoms with E-state index in [0.717, 1.165) is 28.8 Å². The highest BCUT2D eigenvalue weighted by atomic mass is 16.5. The molecular weight excluding hydrogens is 240 g/mol.